The number of halogens is 4. The van der Waals surface area contributed by atoms with Crippen LogP contribution in [0.25, 0.3) is 0 Å². The molecule has 2 aliphatic rings. The number of amides is 2. The number of hydrogen-bond acceptors (Lipinski definition) is 10. The summed E-state index contributed by atoms with van der Waals surface area (Å²) in [5, 5.41) is 6.18. The van der Waals surface area contributed by atoms with E-state index in [0.717, 1.165) is 18.2 Å². The second-order valence-corrected chi connectivity index (χ2v) is 13.2. The summed E-state index contributed by atoms with van der Waals surface area (Å²) in [6.07, 6.45) is 4.00. The van der Waals surface area contributed by atoms with Crippen molar-refractivity contribution in [1.29, 1.82) is 0 Å². The van der Waals surface area contributed by atoms with Gasteiger partial charge in [0.15, 0.2) is 0 Å². The molecule has 0 unspecified atom stereocenters. The van der Waals surface area contributed by atoms with Gasteiger partial charge in [-0.1, -0.05) is 12.1 Å². The zero-order valence-electron chi connectivity index (χ0n) is 27.6. The van der Waals surface area contributed by atoms with Crippen molar-refractivity contribution in [2.45, 2.75) is 83.4 Å². The van der Waals surface area contributed by atoms with Gasteiger partial charge in [-0.05, 0) is 63.8 Å². The number of alkyl halides is 2. The second-order valence-electron chi connectivity index (χ2n) is 13.2. The average Bonchev–Trinajstić information content (AvgIpc) is 3.69. The summed E-state index contributed by atoms with van der Waals surface area (Å²) in [6, 6.07) is 2.45. The molecular weight excluding hydrogens is 636 g/mol. The Kier molecular flexibility index (Phi) is 10.1. The van der Waals surface area contributed by atoms with Crippen molar-refractivity contribution in [2.24, 2.45) is 0 Å². The summed E-state index contributed by atoms with van der Waals surface area (Å²) in [4.78, 5) is 44.3. The van der Waals surface area contributed by atoms with Crippen molar-refractivity contribution in [2.75, 3.05) is 42.5 Å². The lowest BCUT2D eigenvalue weighted by Crippen LogP contribution is -2.48. The number of ether oxygens (including phenoxy) is 1. The monoisotopic (exact) mass is 676 g/mol. The van der Waals surface area contributed by atoms with Crippen LogP contribution in [0.4, 0.5) is 34.3 Å². The molecule has 0 saturated carbocycles. The van der Waals surface area contributed by atoms with Crippen molar-refractivity contribution >= 4 is 24.0 Å². The first kappa shape index (κ1) is 34.8. The van der Waals surface area contributed by atoms with Gasteiger partial charge in [0.2, 0.25) is 11.8 Å². The fourth-order valence-electron chi connectivity index (χ4n) is 6.03. The normalized spacial score (nSPS) is 19.0. The van der Waals surface area contributed by atoms with Crippen molar-refractivity contribution in [3.8, 4) is 0 Å². The summed E-state index contributed by atoms with van der Waals surface area (Å²) < 4.78 is 66.6. The smallest absolute Gasteiger partial charge is 0.407 e. The zero-order valence-corrected chi connectivity index (χ0v) is 27.6. The molecule has 2 aromatic heterocycles. The molecule has 0 spiro atoms. The van der Waals surface area contributed by atoms with Gasteiger partial charge in [0, 0.05) is 64.0 Å². The number of carbonyl (C=O) groups excluding carboxylic acids is 2. The molecule has 48 heavy (non-hydrogen) atoms. The molecule has 1 aromatic carbocycles. The first-order valence-electron chi connectivity index (χ1n) is 15.9. The number of benzene rings is 1. The number of alkyl carbamates (subject to hydrolysis) is 1. The lowest BCUT2D eigenvalue weighted by molar-refractivity contribution is 0.00557. The maximum Gasteiger partial charge on any atom is 0.407 e. The summed E-state index contributed by atoms with van der Waals surface area (Å²) in [5.74, 6) is -5.73. The predicted octanol–water partition coefficient (Wildman–Crippen LogP) is 5.27. The molecule has 12 nitrogen and oxygen atoms in total. The topological polar surface area (TPSA) is 130 Å². The minimum Gasteiger partial charge on any atom is -0.444 e. The third-order valence-corrected chi connectivity index (χ3v) is 8.26. The van der Waals surface area contributed by atoms with Crippen LogP contribution in [0.2, 0.25) is 0 Å². The number of nitrogens with zero attached hydrogens (tertiary/aromatic N) is 7. The Balaban J connectivity index is 1.27. The van der Waals surface area contributed by atoms with Crippen LogP contribution in [-0.4, -0.2) is 87.4 Å². The minimum absolute atomic E-state index is 0.0233. The van der Waals surface area contributed by atoms with Gasteiger partial charge in [-0.15, -0.1) is 0 Å². The molecule has 16 heteroatoms. The van der Waals surface area contributed by atoms with Crippen molar-refractivity contribution in [1.82, 2.24) is 30.3 Å². The molecule has 0 aliphatic carbocycles. The molecule has 0 bridgehead atoms. The zero-order chi connectivity index (χ0) is 34.8. The number of hydrogen-bond donors (Lipinski definition) is 1. The van der Waals surface area contributed by atoms with Gasteiger partial charge in [0.25, 0.3) is 5.91 Å². The first-order chi connectivity index (χ1) is 22.6. The van der Waals surface area contributed by atoms with Crippen LogP contribution in [0.15, 0.2) is 35.1 Å². The molecule has 5 rings (SSSR count). The van der Waals surface area contributed by atoms with Gasteiger partial charge in [-0.2, -0.15) is 13.8 Å². The van der Waals surface area contributed by atoms with Gasteiger partial charge in [-0.25, -0.2) is 23.5 Å². The van der Waals surface area contributed by atoms with Gasteiger partial charge in [0.1, 0.15) is 17.2 Å². The Morgan fingerprint density at radius 1 is 1.06 bits per heavy atom. The van der Waals surface area contributed by atoms with E-state index in [1.807, 2.05) is 6.92 Å². The van der Waals surface area contributed by atoms with Crippen molar-refractivity contribution in [3.63, 3.8) is 0 Å². The van der Waals surface area contributed by atoms with E-state index in [0.29, 0.717) is 45.8 Å². The number of aromatic nitrogens is 4. The van der Waals surface area contributed by atoms with Gasteiger partial charge in [-0.3, -0.25) is 4.79 Å². The fourth-order valence-corrected chi connectivity index (χ4v) is 6.03. The lowest BCUT2D eigenvalue weighted by Gasteiger charge is -2.37. The van der Waals surface area contributed by atoms with Crippen LogP contribution in [0.5, 0.6) is 0 Å². The molecule has 2 atom stereocenters. The summed E-state index contributed by atoms with van der Waals surface area (Å²) in [5.41, 5.74) is -0.380. The molecule has 2 fully saturated rings. The Hall–Kier alpha value is -4.50. The van der Waals surface area contributed by atoms with Crippen LogP contribution in [0.1, 0.15) is 81.5 Å². The van der Waals surface area contributed by atoms with E-state index in [1.54, 1.807) is 35.5 Å². The van der Waals surface area contributed by atoms with E-state index in [-0.39, 0.29) is 48.1 Å². The summed E-state index contributed by atoms with van der Waals surface area (Å²) in [6.45, 7) is 9.56. The quantitative estimate of drug-likeness (QED) is 0.300. The second kappa shape index (κ2) is 13.9. The van der Waals surface area contributed by atoms with E-state index < -0.39 is 47.0 Å². The highest BCUT2D eigenvalue weighted by molar-refractivity contribution is 5.94. The molecule has 1 N–H and O–H groups in total. The van der Waals surface area contributed by atoms with Crippen LogP contribution in [-0.2, 0) is 10.7 Å². The number of carbonyl (C=O) groups is 2. The molecule has 2 amide bonds. The van der Waals surface area contributed by atoms with Gasteiger partial charge < -0.3 is 29.3 Å². The molecule has 260 valence electrons. The van der Waals surface area contributed by atoms with Crippen LogP contribution in [0.3, 0.4) is 0 Å². The minimum atomic E-state index is -3.21. The van der Waals surface area contributed by atoms with E-state index >= 15 is 0 Å². The molecular formula is C32H40F4N8O4. The number of piperidine rings is 1. The highest BCUT2D eigenvalue weighted by atomic mass is 19.3. The van der Waals surface area contributed by atoms with E-state index in [2.05, 4.69) is 25.4 Å². The highest BCUT2D eigenvalue weighted by Crippen LogP contribution is 2.33. The SMILES string of the molecule is CCCN(C(=O)c1cnc(N2C[C@H](NC(=O)OC(C)(C)C)[C@@H](c3cc(F)ccc3F)C2)nc1)C1CCN(c2nc(C(C)(F)F)no2)CC1. The fraction of sp³-hybridized carbons (Fsp3) is 0.562. The molecule has 3 aromatic rings. The standard InChI is InChI=1S/C32H40F4N8O4/c1-6-11-44(21-9-12-42(13-10-21)29-40-27(41-48-29)32(5,35)36)26(45)19-15-37-28(38-16-19)43-17-23(22-14-20(33)7-8-24(22)34)25(18-43)39-30(46)47-31(2,3)4/h7-8,14-16,21,23,25H,6,9-13,17-18H2,1-5H3,(H,39,46)/t23-,25+/m1/s1. The van der Waals surface area contributed by atoms with Crippen molar-refractivity contribution < 1.29 is 36.4 Å². The first-order valence-corrected chi connectivity index (χ1v) is 15.9. The van der Waals surface area contributed by atoms with E-state index in [1.165, 1.54) is 12.4 Å². The molecule has 2 saturated heterocycles. The van der Waals surface area contributed by atoms with Crippen LogP contribution >= 0.6 is 0 Å². The highest BCUT2D eigenvalue weighted by Gasteiger charge is 2.39. The average molecular weight is 677 g/mol. The molecule has 4 heterocycles. The Bertz CT molecular complexity index is 1590. The van der Waals surface area contributed by atoms with Crippen LogP contribution < -0.4 is 15.1 Å². The Morgan fingerprint density at radius 3 is 2.35 bits per heavy atom. The number of nitrogens with one attached hydrogen (secondary N) is 1. The van der Waals surface area contributed by atoms with Crippen LogP contribution in [0, 0.1) is 11.6 Å². The summed E-state index contributed by atoms with van der Waals surface area (Å²) in [7, 11) is 0. The Labute approximate surface area is 275 Å². The van der Waals surface area contributed by atoms with Crippen molar-refractivity contribution in [3.05, 3.63) is 59.2 Å². The van der Waals surface area contributed by atoms with E-state index in [9.17, 15) is 27.2 Å². The third-order valence-electron chi connectivity index (χ3n) is 8.26. The third kappa shape index (κ3) is 8.13. The lowest BCUT2D eigenvalue weighted by atomic mass is 9.94. The largest absolute Gasteiger partial charge is 0.444 e. The Morgan fingerprint density at radius 2 is 1.75 bits per heavy atom. The molecule has 0 radical (unpaired) electrons. The van der Waals surface area contributed by atoms with E-state index in [4.69, 9.17) is 9.26 Å². The maximum atomic E-state index is 14.9. The maximum absolute atomic E-state index is 14.9. The van der Waals surface area contributed by atoms with Gasteiger partial charge >= 0.3 is 18.0 Å². The number of rotatable bonds is 9. The number of anilines is 2. The van der Waals surface area contributed by atoms with Gasteiger partial charge in [0.05, 0.1) is 11.6 Å². The summed E-state index contributed by atoms with van der Waals surface area (Å²) >= 11 is 0. The predicted molar refractivity (Wildman–Crippen MR) is 167 cm³/mol. The molecule has 2 aliphatic heterocycles.